The summed E-state index contributed by atoms with van der Waals surface area (Å²) in [4.78, 5) is 0. The van der Waals surface area contributed by atoms with Gasteiger partial charge in [0.05, 0.1) is 21.7 Å². The summed E-state index contributed by atoms with van der Waals surface area (Å²) >= 11 is 5.14. The molecule has 2 aromatic rings. The lowest BCUT2D eigenvalue weighted by molar-refractivity contribution is 0.581. The maximum absolute atomic E-state index is 13.2. The summed E-state index contributed by atoms with van der Waals surface area (Å²) in [6, 6.07) is 2.68. The Kier molecular flexibility index (Phi) is 3.04. The molecule has 0 aliphatic carbocycles. The molecule has 14 heavy (non-hydrogen) atoms. The minimum atomic E-state index is -0.629. The Balaban J connectivity index is 2.84. The summed E-state index contributed by atoms with van der Waals surface area (Å²) in [5, 5.41) is 3.88. The molecule has 0 fully saturated rings. The molecule has 1 aromatic carbocycles. The topological polar surface area (TPSA) is 17.8 Å². The van der Waals surface area contributed by atoms with Gasteiger partial charge in [-0.25, -0.2) is 8.84 Å². The second kappa shape index (κ2) is 3.98. The van der Waals surface area contributed by atoms with Gasteiger partial charge in [-0.05, 0) is 50.1 Å². The highest BCUT2D eigenvalue weighted by atomic mass is 127. The summed E-state index contributed by atoms with van der Waals surface area (Å²) in [5.41, 5.74) is 0.600. The quantitative estimate of drug-likeness (QED) is 0.534. The standard InChI is InChI=1S/C7H3BrF2IN2P/c8-4-2-6-3(1-5(4)9)7(10)12-13(6)14-11/h1-2,14H. The van der Waals surface area contributed by atoms with Crippen molar-refractivity contribution in [2.75, 3.05) is 0 Å². The maximum Gasteiger partial charge on any atom is 0.240 e. The Morgan fingerprint density at radius 2 is 2.14 bits per heavy atom. The Bertz CT molecular complexity index is 502. The minimum Gasteiger partial charge on any atom is -0.234 e. The fourth-order valence-electron chi connectivity index (χ4n) is 1.14. The normalized spacial score (nSPS) is 12.0. The first-order valence-corrected chi connectivity index (χ1v) is 8.39. The SMILES string of the molecule is Fc1cc2c(F)nn(PI)c2cc1Br. The molecular formula is C7H3BrF2IN2P. The molecule has 0 saturated heterocycles. The zero-order valence-electron chi connectivity index (χ0n) is 6.56. The molecule has 0 radical (unpaired) electrons. The lowest BCUT2D eigenvalue weighted by Crippen LogP contribution is -1.83. The van der Waals surface area contributed by atoms with E-state index in [4.69, 9.17) is 0 Å². The molecule has 2 nitrogen and oxygen atoms in total. The minimum absolute atomic E-state index is 0.217. The van der Waals surface area contributed by atoms with Crippen molar-refractivity contribution in [2.45, 2.75) is 0 Å². The lowest BCUT2D eigenvalue weighted by Gasteiger charge is -1.97. The van der Waals surface area contributed by atoms with Crippen LogP contribution < -0.4 is 0 Å². The van der Waals surface area contributed by atoms with Crippen molar-refractivity contribution in [3.63, 3.8) is 0 Å². The molecule has 0 amide bonds. The third kappa shape index (κ3) is 1.67. The van der Waals surface area contributed by atoms with Crippen LogP contribution >= 0.6 is 44.3 Å². The van der Waals surface area contributed by atoms with Crippen LogP contribution in [0.4, 0.5) is 8.78 Å². The number of hydrogen-bond acceptors (Lipinski definition) is 1. The Morgan fingerprint density at radius 1 is 1.43 bits per heavy atom. The van der Waals surface area contributed by atoms with Crippen LogP contribution in [0.1, 0.15) is 0 Å². The van der Waals surface area contributed by atoms with E-state index in [2.05, 4.69) is 43.1 Å². The zero-order valence-corrected chi connectivity index (χ0v) is 11.3. The van der Waals surface area contributed by atoms with E-state index in [9.17, 15) is 8.78 Å². The fourth-order valence-corrected chi connectivity index (χ4v) is 2.97. The van der Waals surface area contributed by atoms with E-state index in [-0.39, 0.29) is 5.39 Å². The van der Waals surface area contributed by atoms with Gasteiger partial charge in [0.2, 0.25) is 5.95 Å². The van der Waals surface area contributed by atoms with E-state index in [0.717, 1.165) is 6.07 Å². The number of rotatable bonds is 1. The van der Waals surface area contributed by atoms with E-state index < -0.39 is 11.8 Å². The Morgan fingerprint density at radius 3 is 2.79 bits per heavy atom. The maximum atomic E-state index is 13.2. The van der Waals surface area contributed by atoms with Gasteiger partial charge in [0.15, 0.2) is 0 Å². The van der Waals surface area contributed by atoms with Crippen molar-refractivity contribution in [3.05, 3.63) is 28.4 Å². The molecule has 1 heterocycles. The third-order valence-corrected chi connectivity index (χ3v) is 4.24. The van der Waals surface area contributed by atoms with Crippen molar-refractivity contribution in [1.29, 1.82) is 0 Å². The average Bonchev–Trinajstić information content (AvgIpc) is 2.45. The van der Waals surface area contributed by atoms with Crippen LogP contribution in [-0.2, 0) is 0 Å². The molecule has 0 N–H and O–H groups in total. The highest BCUT2D eigenvalue weighted by Crippen LogP contribution is 2.32. The highest BCUT2D eigenvalue weighted by molar-refractivity contribution is 14.2. The Labute approximate surface area is 101 Å². The number of aromatic nitrogens is 2. The van der Waals surface area contributed by atoms with E-state index in [0.29, 0.717) is 16.4 Å². The van der Waals surface area contributed by atoms with E-state index in [1.54, 1.807) is 0 Å². The average molecular weight is 391 g/mol. The summed E-state index contributed by atoms with van der Waals surface area (Å²) in [6.45, 7) is 0. The van der Waals surface area contributed by atoms with E-state index in [1.165, 1.54) is 10.5 Å². The van der Waals surface area contributed by atoms with Crippen molar-refractivity contribution in [1.82, 2.24) is 9.55 Å². The lowest BCUT2D eigenvalue weighted by atomic mass is 10.2. The van der Waals surface area contributed by atoms with Crippen LogP contribution in [-0.4, -0.2) is 9.55 Å². The van der Waals surface area contributed by atoms with Crippen molar-refractivity contribution < 1.29 is 8.78 Å². The van der Waals surface area contributed by atoms with Gasteiger partial charge in [-0.1, -0.05) is 0 Å². The summed E-state index contributed by atoms with van der Waals surface area (Å²) in [5.74, 6) is -1.11. The van der Waals surface area contributed by atoms with Crippen LogP contribution in [0, 0.1) is 11.8 Å². The molecule has 0 spiro atoms. The monoisotopic (exact) mass is 390 g/mol. The first-order chi connectivity index (χ1) is 6.63. The number of hydrogen-bond donors (Lipinski definition) is 0. The fraction of sp³-hybridized carbons (Fsp3) is 0. The Hall–Kier alpha value is 0.190. The molecule has 7 heteroatoms. The largest absolute Gasteiger partial charge is 0.240 e. The first-order valence-electron chi connectivity index (χ1n) is 3.53. The van der Waals surface area contributed by atoms with E-state index in [1.807, 2.05) is 0 Å². The van der Waals surface area contributed by atoms with Crippen LogP contribution in [0.25, 0.3) is 10.9 Å². The predicted molar refractivity (Wildman–Crippen MR) is 65.1 cm³/mol. The molecule has 74 valence electrons. The van der Waals surface area contributed by atoms with Crippen LogP contribution in [0.2, 0.25) is 0 Å². The number of halogens is 4. The first kappa shape index (κ1) is 10.7. The van der Waals surface area contributed by atoms with Gasteiger partial charge in [-0.2, -0.15) is 4.39 Å². The van der Waals surface area contributed by atoms with Crippen molar-refractivity contribution >= 4 is 55.2 Å². The van der Waals surface area contributed by atoms with Gasteiger partial charge in [0, 0.05) is 0 Å². The molecular weight excluding hydrogens is 388 g/mol. The zero-order chi connectivity index (χ0) is 10.3. The number of nitrogens with zero attached hydrogens (tertiary/aromatic N) is 2. The molecule has 0 aliphatic heterocycles. The summed E-state index contributed by atoms with van der Waals surface area (Å²) in [7, 11) is 0. The molecule has 0 saturated carbocycles. The molecule has 1 aromatic heterocycles. The number of fused-ring (bicyclic) bond motifs is 1. The smallest absolute Gasteiger partial charge is 0.234 e. The molecule has 2 rings (SSSR count). The van der Waals surface area contributed by atoms with Gasteiger partial charge >= 0.3 is 0 Å². The number of benzene rings is 1. The predicted octanol–water partition coefficient (Wildman–Crippen LogP) is 3.87. The van der Waals surface area contributed by atoms with Gasteiger partial charge in [0.1, 0.15) is 5.82 Å². The van der Waals surface area contributed by atoms with Crippen LogP contribution in [0.15, 0.2) is 16.6 Å². The van der Waals surface area contributed by atoms with Gasteiger partial charge < -0.3 is 0 Å². The molecule has 1 unspecified atom stereocenters. The van der Waals surface area contributed by atoms with Gasteiger partial charge in [-0.15, -0.1) is 5.10 Å². The van der Waals surface area contributed by atoms with E-state index >= 15 is 0 Å². The van der Waals surface area contributed by atoms with Gasteiger partial charge in [0.25, 0.3) is 0 Å². The van der Waals surface area contributed by atoms with Crippen LogP contribution in [0.5, 0.6) is 0 Å². The van der Waals surface area contributed by atoms with Gasteiger partial charge in [-0.3, -0.25) is 0 Å². The second-order valence-corrected chi connectivity index (χ2v) is 5.46. The molecule has 0 bridgehead atoms. The molecule has 1 atom stereocenters. The highest BCUT2D eigenvalue weighted by Gasteiger charge is 2.12. The van der Waals surface area contributed by atoms with Crippen molar-refractivity contribution in [2.24, 2.45) is 0 Å². The second-order valence-electron chi connectivity index (χ2n) is 2.57. The third-order valence-electron chi connectivity index (χ3n) is 1.76. The summed E-state index contributed by atoms with van der Waals surface area (Å²) < 4.78 is 28.1. The summed E-state index contributed by atoms with van der Waals surface area (Å²) in [6.07, 6.45) is 0.290. The molecule has 0 aliphatic rings. The van der Waals surface area contributed by atoms with Crippen molar-refractivity contribution in [3.8, 4) is 0 Å². The van der Waals surface area contributed by atoms with Crippen LogP contribution in [0.3, 0.4) is 0 Å².